The zero-order valence-electron chi connectivity index (χ0n) is 11.2. The number of halogens is 2. The van der Waals surface area contributed by atoms with Crippen molar-refractivity contribution in [2.45, 2.75) is 11.8 Å². The van der Waals surface area contributed by atoms with E-state index in [9.17, 15) is 0 Å². The van der Waals surface area contributed by atoms with Crippen molar-refractivity contribution in [1.29, 1.82) is 0 Å². The van der Waals surface area contributed by atoms with Crippen molar-refractivity contribution < 1.29 is 9.47 Å². The normalized spacial score (nSPS) is 10.6. The molecule has 0 fully saturated rings. The second-order valence-corrected chi connectivity index (χ2v) is 5.36. The standard InChI is InChI=1S/C16H16BrClO2/c1-19-9-8-12-2-5-14(6-3-12)20-16-7-4-13(11-17)10-15(16)18/h2-7,10H,8-9,11H2,1H3. The van der Waals surface area contributed by atoms with Gasteiger partial charge in [-0.1, -0.05) is 45.7 Å². The van der Waals surface area contributed by atoms with Gasteiger partial charge in [-0.2, -0.15) is 0 Å². The van der Waals surface area contributed by atoms with Crippen LogP contribution in [0.3, 0.4) is 0 Å². The predicted octanol–water partition coefficient (Wildman–Crippen LogP) is 5.22. The lowest BCUT2D eigenvalue weighted by atomic mass is 10.1. The third kappa shape index (κ3) is 4.23. The Hall–Kier alpha value is -1.03. The SMILES string of the molecule is COCCc1ccc(Oc2ccc(CBr)cc2Cl)cc1. The molecule has 0 aliphatic rings. The molecule has 106 valence electrons. The molecule has 4 heteroatoms. The maximum Gasteiger partial charge on any atom is 0.146 e. The second-order valence-electron chi connectivity index (χ2n) is 4.39. The highest BCUT2D eigenvalue weighted by atomic mass is 79.9. The molecule has 0 unspecified atom stereocenters. The molecule has 0 aliphatic carbocycles. The van der Waals surface area contributed by atoms with Gasteiger partial charge in [0.2, 0.25) is 0 Å². The first-order valence-corrected chi connectivity index (χ1v) is 7.83. The van der Waals surface area contributed by atoms with Crippen molar-refractivity contribution in [1.82, 2.24) is 0 Å². The molecule has 0 spiro atoms. The molecule has 0 heterocycles. The van der Waals surface area contributed by atoms with Crippen LogP contribution >= 0.6 is 27.5 Å². The Morgan fingerprint density at radius 3 is 2.35 bits per heavy atom. The average molecular weight is 356 g/mol. The first kappa shape index (κ1) is 15.4. The molecular formula is C16H16BrClO2. The van der Waals surface area contributed by atoms with Crippen LogP contribution in [0.5, 0.6) is 11.5 Å². The number of ether oxygens (including phenoxy) is 2. The van der Waals surface area contributed by atoms with Crippen LogP contribution in [0.2, 0.25) is 5.02 Å². The fraction of sp³-hybridized carbons (Fsp3) is 0.250. The van der Waals surface area contributed by atoms with Crippen molar-refractivity contribution in [3.8, 4) is 11.5 Å². The second kappa shape index (κ2) is 7.67. The van der Waals surface area contributed by atoms with Gasteiger partial charge in [0.25, 0.3) is 0 Å². The lowest BCUT2D eigenvalue weighted by molar-refractivity contribution is 0.202. The third-order valence-corrected chi connectivity index (χ3v) is 3.84. The highest BCUT2D eigenvalue weighted by Crippen LogP contribution is 2.30. The van der Waals surface area contributed by atoms with Gasteiger partial charge < -0.3 is 9.47 Å². The summed E-state index contributed by atoms with van der Waals surface area (Å²) in [5.74, 6) is 1.45. The zero-order valence-corrected chi connectivity index (χ0v) is 13.6. The topological polar surface area (TPSA) is 18.5 Å². The number of hydrogen-bond donors (Lipinski definition) is 0. The molecule has 0 N–H and O–H groups in total. The molecule has 0 aliphatic heterocycles. The van der Waals surface area contributed by atoms with Crippen LogP contribution in [0.15, 0.2) is 42.5 Å². The summed E-state index contributed by atoms with van der Waals surface area (Å²) < 4.78 is 10.8. The van der Waals surface area contributed by atoms with Crippen molar-refractivity contribution >= 4 is 27.5 Å². The number of alkyl halides is 1. The van der Waals surface area contributed by atoms with E-state index in [1.165, 1.54) is 5.56 Å². The molecule has 0 saturated heterocycles. The molecule has 2 rings (SSSR count). The van der Waals surface area contributed by atoms with Crippen LogP contribution in [0, 0.1) is 0 Å². The van der Waals surface area contributed by atoms with Gasteiger partial charge in [0, 0.05) is 12.4 Å². The van der Waals surface area contributed by atoms with Gasteiger partial charge in [-0.3, -0.25) is 0 Å². The molecule has 0 radical (unpaired) electrons. The van der Waals surface area contributed by atoms with Crippen molar-refractivity contribution in [3.05, 3.63) is 58.6 Å². The Labute approximate surface area is 132 Å². The summed E-state index contributed by atoms with van der Waals surface area (Å²) in [5, 5.41) is 1.40. The fourth-order valence-electron chi connectivity index (χ4n) is 1.78. The summed E-state index contributed by atoms with van der Waals surface area (Å²) in [5.41, 5.74) is 2.34. The lowest BCUT2D eigenvalue weighted by Crippen LogP contribution is -1.94. The van der Waals surface area contributed by atoms with Crippen LogP contribution in [0.1, 0.15) is 11.1 Å². The number of rotatable bonds is 6. The summed E-state index contributed by atoms with van der Waals surface area (Å²) >= 11 is 9.60. The summed E-state index contributed by atoms with van der Waals surface area (Å²) in [7, 11) is 1.70. The average Bonchev–Trinajstić information content (AvgIpc) is 2.48. The minimum atomic E-state index is 0.616. The Morgan fingerprint density at radius 2 is 1.75 bits per heavy atom. The monoisotopic (exact) mass is 354 g/mol. The molecule has 0 atom stereocenters. The molecule has 0 aromatic heterocycles. The third-order valence-electron chi connectivity index (χ3n) is 2.90. The molecule has 0 amide bonds. The van der Waals surface area contributed by atoms with E-state index in [0.717, 1.165) is 29.7 Å². The van der Waals surface area contributed by atoms with E-state index in [4.69, 9.17) is 21.1 Å². The van der Waals surface area contributed by atoms with Gasteiger partial charge in [-0.25, -0.2) is 0 Å². The molecule has 20 heavy (non-hydrogen) atoms. The summed E-state index contributed by atoms with van der Waals surface area (Å²) in [6.45, 7) is 0.722. The summed E-state index contributed by atoms with van der Waals surface area (Å²) in [6.07, 6.45) is 0.900. The van der Waals surface area contributed by atoms with Crippen LogP contribution in [-0.4, -0.2) is 13.7 Å². The van der Waals surface area contributed by atoms with Crippen molar-refractivity contribution in [2.75, 3.05) is 13.7 Å². The Kier molecular flexibility index (Phi) is 5.89. The highest BCUT2D eigenvalue weighted by molar-refractivity contribution is 9.08. The maximum absolute atomic E-state index is 6.20. The smallest absolute Gasteiger partial charge is 0.146 e. The van der Waals surface area contributed by atoms with Crippen LogP contribution in [-0.2, 0) is 16.5 Å². The number of benzene rings is 2. The highest BCUT2D eigenvalue weighted by Gasteiger charge is 2.04. The number of hydrogen-bond acceptors (Lipinski definition) is 2. The minimum Gasteiger partial charge on any atom is -0.456 e. The van der Waals surface area contributed by atoms with Gasteiger partial charge in [-0.15, -0.1) is 0 Å². The van der Waals surface area contributed by atoms with Crippen molar-refractivity contribution in [3.63, 3.8) is 0 Å². The van der Waals surface area contributed by atoms with E-state index in [1.807, 2.05) is 42.5 Å². The van der Waals surface area contributed by atoms with Crippen LogP contribution in [0.4, 0.5) is 0 Å². The van der Waals surface area contributed by atoms with Gasteiger partial charge in [0.15, 0.2) is 0 Å². The molecule has 2 aromatic rings. The minimum absolute atomic E-state index is 0.616. The molecule has 2 nitrogen and oxygen atoms in total. The van der Waals surface area contributed by atoms with Gasteiger partial charge in [-0.05, 0) is 41.8 Å². The maximum atomic E-state index is 6.20. The van der Waals surface area contributed by atoms with Gasteiger partial charge in [0.05, 0.1) is 11.6 Å². The van der Waals surface area contributed by atoms with Gasteiger partial charge >= 0.3 is 0 Å². The predicted molar refractivity (Wildman–Crippen MR) is 86.2 cm³/mol. The van der Waals surface area contributed by atoms with E-state index in [2.05, 4.69) is 15.9 Å². The van der Waals surface area contributed by atoms with E-state index < -0.39 is 0 Å². The van der Waals surface area contributed by atoms with E-state index in [-0.39, 0.29) is 0 Å². The number of methoxy groups -OCH3 is 1. The largest absolute Gasteiger partial charge is 0.456 e. The van der Waals surface area contributed by atoms with Crippen molar-refractivity contribution in [2.24, 2.45) is 0 Å². The van der Waals surface area contributed by atoms with Crippen LogP contribution < -0.4 is 4.74 Å². The Bertz CT molecular complexity index is 555. The Balaban J connectivity index is 2.06. The zero-order chi connectivity index (χ0) is 14.4. The van der Waals surface area contributed by atoms with E-state index in [0.29, 0.717) is 10.8 Å². The van der Waals surface area contributed by atoms with Gasteiger partial charge in [0.1, 0.15) is 11.5 Å². The van der Waals surface area contributed by atoms with E-state index in [1.54, 1.807) is 7.11 Å². The first-order valence-electron chi connectivity index (χ1n) is 6.33. The molecule has 2 aromatic carbocycles. The van der Waals surface area contributed by atoms with E-state index >= 15 is 0 Å². The Morgan fingerprint density at radius 1 is 1.05 bits per heavy atom. The lowest BCUT2D eigenvalue weighted by Gasteiger charge is -2.09. The molecule has 0 saturated carbocycles. The quantitative estimate of drug-likeness (QED) is 0.662. The van der Waals surface area contributed by atoms with Crippen LogP contribution in [0.25, 0.3) is 0 Å². The molecular weight excluding hydrogens is 340 g/mol. The first-order chi connectivity index (χ1) is 9.72. The summed E-state index contributed by atoms with van der Waals surface area (Å²) in [6, 6.07) is 13.7. The summed E-state index contributed by atoms with van der Waals surface area (Å²) in [4.78, 5) is 0. The molecule has 0 bridgehead atoms. The fourth-order valence-corrected chi connectivity index (χ4v) is 2.37.